The molecule has 0 saturated carbocycles. The maximum Gasteiger partial charge on any atom is 0.407 e. The van der Waals surface area contributed by atoms with Crippen molar-refractivity contribution < 1.29 is 19.4 Å². The van der Waals surface area contributed by atoms with Crippen molar-refractivity contribution in [1.29, 1.82) is 0 Å². The highest BCUT2D eigenvalue weighted by Gasteiger charge is 2.38. The van der Waals surface area contributed by atoms with Gasteiger partial charge in [-0.25, -0.2) is 9.59 Å². The number of esters is 1. The molecule has 110 valence electrons. The first-order valence-electron chi connectivity index (χ1n) is 7.11. The van der Waals surface area contributed by atoms with Gasteiger partial charge in [-0.1, -0.05) is 17.7 Å². The van der Waals surface area contributed by atoms with Crippen molar-refractivity contribution in [2.45, 2.75) is 32.6 Å². The number of likely N-dealkylation sites (tertiary alicyclic amines) is 1. The van der Waals surface area contributed by atoms with E-state index in [9.17, 15) is 9.59 Å². The van der Waals surface area contributed by atoms with Gasteiger partial charge in [0.25, 0.3) is 0 Å². The zero-order valence-corrected chi connectivity index (χ0v) is 11.8. The molecule has 1 N–H and O–H groups in total. The zero-order chi connectivity index (χ0) is 14.6. The number of carbonyl (C=O) groups is 2. The number of allylic oxidation sites excluding steroid dienone is 3. The van der Waals surface area contributed by atoms with Gasteiger partial charge in [-0.05, 0) is 32.6 Å². The summed E-state index contributed by atoms with van der Waals surface area (Å²) in [5.74, 6) is -0.294. The van der Waals surface area contributed by atoms with E-state index >= 15 is 0 Å². The minimum Gasteiger partial charge on any atom is -0.465 e. The van der Waals surface area contributed by atoms with Crippen LogP contribution in [0, 0.1) is 5.41 Å². The van der Waals surface area contributed by atoms with E-state index < -0.39 is 6.09 Å². The summed E-state index contributed by atoms with van der Waals surface area (Å²) < 4.78 is 4.99. The van der Waals surface area contributed by atoms with Crippen LogP contribution in [0.5, 0.6) is 0 Å². The topological polar surface area (TPSA) is 66.8 Å². The lowest BCUT2D eigenvalue weighted by Gasteiger charge is -2.42. The molecule has 0 atom stereocenters. The molecule has 1 aliphatic heterocycles. The molecule has 20 heavy (non-hydrogen) atoms. The Morgan fingerprint density at radius 3 is 2.75 bits per heavy atom. The molecular formula is C15H21NO4. The van der Waals surface area contributed by atoms with Crippen LogP contribution in [0.4, 0.5) is 4.79 Å². The Morgan fingerprint density at radius 2 is 2.15 bits per heavy atom. The molecule has 0 aromatic heterocycles. The quantitative estimate of drug-likeness (QED) is 0.479. The SMILES string of the molecule is CCOC(=O)C=C1CCC=CC12CCN(C(=O)O)CC2. The number of carbonyl (C=O) groups excluding carboxylic acids is 1. The second-order valence-corrected chi connectivity index (χ2v) is 5.29. The first-order valence-corrected chi connectivity index (χ1v) is 7.11. The van der Waals surface area contributed by atoms with E-state index in [4.69, 9.17) is 9.84 Å². The Labute approximate surface area is 118 Å². The van der Waals surface area contributed by atoms with Gasteiger partial charge in [-0.2, -0.15) is 0 Å². The van der Waals surface area contributed by atoms with E-state index in [0.717, 1.165) is 31.3 Å². The van der Waals surface area contributed by atoms with E-state index in [1.165, 1.54) is 4.90 Å². The monoisotopic (exact) mass is 279 g/mol. The minimum absolute atomic E-state index is 0.156. The number of ether oxygens (including phenoxy) is 1. The average molecular weight is 279 g/mol. The fraction of sp³-hybridized carbons (Fsp3) is 0.600. The summed E-state index contributed by atoms with van der Waals surface area (Å²) in [6.45, 7) is 3.19. The van der Waals surface area contributed by atoms with E-state index in [2.05, 4.69) is 12.2 Å². The van der Waals surface area contributed by atoms with Crippen molar-refractivity contribution in [2.75, 3.05) is 19.7 Å². The van der Waals surface area contributed by atoms with Crippen LogP contribution in [-0.4, -0.2) is 41.8 Å². The van der Waals surface area contributed by atoms with Gasteiger partial charge in [0.15, 0.2) is 0 Å². The molecule has 1 fully saturated rings. The van der Waals surface area contributed by atoms with Gasteiger partial charge < -0.3 is 14.7 Å². The third-order valence-electron chi connectivity index (χ3n) is 4.16. The second-order valence-electron chi connectivity index (χ2n) is 5.29. The van der Waals surface area contributed by atoms with Crippen LogP contribution >= 0.6 is 0 Å². The number of rotatable bonds is 2. The van der Waals surface area contributed by atoms with Crippen molar-refractivity contribution in [3.8, 4) is 0 Å². The molecular weight excluding hydrogens is 258 g/mol. The van der Waals surface area contributed by atoms with Crippen molar-refractivity contribution >= 4 is 12.1 Å². The molecule has 0 aromatic rings. The van der Waals surface area contributed by atoms with Crippen molar-refractivity contribution in [3.05, 3.63) is 23.8 Å². The smallest absolute Gasteiger partial charge is 0.407 e. The van der Waals surface area contributed by atoms with E-state index in [0.29, 0.717) is 19.7 Å². The fourth-order valence-corrected chi connectivity index (χ4v) is 3.03. The Hall–Kier alpha value is -1.78. The average Bonchev–Trinajstić information content (AvgIpc) is 2.42. The Bertz CT molecular complexity index is 445. The lowest BCUT2D eigenvalue weighted by molar-refractivity contribution is -0.137. The summed E-state index contributed by atoms with van der Waals surface area (Å²) >= 11 is 0. The maximum atomic E-state index is 11.7. The molecule has 1 saturated heterocycles. The molecule has 2 aliphatic rings. The fourth-order valence-electron chi connectivity index (χ4n) is 3.03. The van der Waals surface area contributed by atoms with Crippen LogP contribution in [0.25, 0.3) is 0 Å². The number of carboxylic acid groups (broad SMARTS) is 1. The predicted molar refractivity (Wildman–Crippen MR) is 74.4 cm³/mol. The van der Waals surface area contributed by atoms with Crippen molar-refractivity contribution in [2.24, 2.45) is 5.41 Å². The predicted octanol–water partition coefficient (Wildman–Crippen LogP) is 2.59. The van der Waals surface area contributed by atoms with Crippen LogP contribution in [0.1, 0.15) is 32.6 Å². The zero-order valence-electron chi connectivity index (χ0n) is 11.8. The number of nitrogens with zero attached hydrogens (tertiary/aromatic N) is 1. The first-order chi connectivity index (χ1) is 9.57. The van der Waals surface area contributed by atoms with E-state index in [-0.39, 0.29) is 11.4 Å². The molecule has 0 radical (unpaired) electrons. The number of amides is 1. The van der Waals surface area contributed by atoms with E-state index in [1.54, 1.807) is 13.0 Å². The third-order valence-corrected chi connectivity index (χ3v) is 4.16. The summed E-state index contributed by atoms with van der Waals surface area (Å²) in [6, 6.07) is 0. The normalized spacial score (nSPS) is 23.1. The van der Waals surface area contributed by atoms with Gasteiger partial charge in [-0.15, -0.1) is 0 Å². The maximum absolute atomic E-state index is 11.7. The second kappa shape index (κ2) is 6.11. The molecule has 5 nitrogen and oxygen atoms in total. The van der Waals surface area contributed by atoms with Crippen LogP contribution in [0.2, 0.25) is 0 Å². The van der Waals surface area contributed by atoms with Gasteiger partial charge in [0, 0.05) is 24.6 Å². The molecule has 0 bridgehead atoms. The highest BCUT2D eigenvalue weighted by molar-refractivity contribution is 5.83. The van der Waals surface area contributed by atoms with Gasteiger partial charge in [0.1, 0.15) is 0 Å². The molecule has 2 rings (SSSR count). The largest absolute Gasteiger partial charge is 0.465 e. The molecule has 1 spiro atoms. The van der Waals surface area contributed by atoms with Crippen molar-refractivity contribution in [1.82, 2.24) is 4.90 Å². The third kappa shape index (κ3) is 3.03. The van der Waals surface area contributed by atoms with Gasteiger partial charge in [0.05, 0.1) is 6.61 Å². The Balaban J connectivity index is 2.15. The lowest BCUT2D eigenvalue weighted by atomic mass is 9.68. The summed E-state index contributed by atoms with van der Waals surface area (Å²) in [5.41, 5.74) is 0.931. The molecule has 1 heterocycles. The summed E-state index contributed by atoms with van der Waals surface area (Å²) in [4.78, 5) is 24.1. The Morgan fingerprint density at radius 1 is 1.45 bits per heavy atom. The van der Waals surface area contributed by atoms with Crippen LogP contribution in [0.15, 0.2) is 23.8 Å². The van der Waals surface area contributed by atoms with Crippen LogP contribution < -0.4 is 0 Å². The lowest BCUT2D eigenvalue weighted by Crippen LogP contribution is -2.43. The highest BCUT2D eigenvalue weighted by atomic mass is 16.5. The number of piperidine rings is 1. The van der Waals surface area contributed by atoms with Gasteiger partial charge in [-0.3, -0.25) is 0 Å². The molecule has 5 heteroatoms. The highest BCUT2D eigenvalue weighted by Crippen LogP contribution is 2.44. The molecule has 0 aromatic carbocycles. The summed E-state index contributed by atoms with van der Waals surface area (Å²) in [6.07, 6.45) is 8.29. The van der Waals surface area contributed by atoms with Crippen molar-refractivity contribution in [3.63, 3.8) is 0 Å². The minimum atomic E-state index is -0.865. The van der Waals surface area contributed by atoms with Gasteiger partial charge >= 0.3 is 12.1 Å². The molecule has 1 aliphatic carbocycles. The Kier molecular flexibility index (Phi) is 4.47. The number of hydrogen-bond acceptors (Lipinski definition) is 3. The summed E-state index contributed by atoms with van der Waals surface area (Å²) in [7, 11) is 0. The number of hydrogen-bond donors (Lipinski definition) is 1. The van der Waals surface area contributed by atoms with Crippen LogP contribution in [-0.2, 0) is 9.53 Å². The van der Waals surface area contributed by atoms with Gasteiger partial charge in [0.2, 0.25) is 0 Å². The summed E-state index contributed by atoms with van der Waals surface area (Å²) in [5, 5.41) is 9.03. The first kappa shape index (κ1) is 14.6. The molecule has 1 amide bonds. The van der Waals surface area contributed by atoms with Crippen LogP contribution in [0.3, 0.4) is 0 Å². The standard InChI is InChI=1S/C15H21NO4/c1-2-20-13(17)11-12-5-3-4-6-15(12)7-9-16(10-8-15)14(18)19/h4,6,11H,2-3,5,7-10H2,1H3,(H,18,19). The van der Waals surface area contributed by atoms with E-state index in [1.807, 2.05) is 0 Å². The molecule has 0 unspecified atom stereocenters.